The molecule has 97 heavy (non-hydrogen) atoms. The molecule has 0 aliphatic carbocycles. The van der Waals surface area contributed by atoms with E-state index in [4.69, 9.17) is 46.5 Å². The van der Waals surface area contributed by atoms with Crippen molar-refractivity contribution < 1.29 is 69.0 Å². The van der Waals surface area contributed by atoms with Gasteiger partial charge in [0.05, 0.1) is 11.2 Å². The van der Waals surface area contributed by atoms with Crippen molar-refractivity contribution in [2.24, 2.45) is 11.8 Å². The molecule has 0 unspecified atom stereocenters. The highest BCUT2D eigenvalue weighted by Gasteiger charge is 2.52. The number of nitrogen functional groups attached to an aromatic ring is 4. The summed E-state index contributed by atoms with van der Waals surface area (Å²) in [5, 5.41) is 10.7. The van der Waals surface area contributed by atoms with Gasteiger partial charge in [-0.2, -0.15) is 39.8 Å². The van der Waals surface area contributed by atoms with E-state index in [0.717, 1.165) is 68.9 Å². The standard InChI is InChI=1S/C21H24F3N5O2.C20H28BF3N2O3.C7H8IN3O.C5H6IN3.3C4H10O.H2S/c1-12-3-4-16(27-20(31)29-6-5-14(11-29)10-21(22,23)24)9-17(12)15-7-18(25)28-19(8-15)26-13(2)30;1-13-6-7-15(10-16(13)21-28-18(2,3)19(4,5)29-21)25-17(27)26-9-8-14(12-26)11-20(22,23)24;1-4(12)10-7-3-5(8)2-6(9)11-7;6-3-1-4(7)9-5(8)2-3;3*1-3-5-4-2;/h3-4,7-9,14H,5-6,10-11H2,1-2H3,(H,27,31)(H3,25,26,28,30);6-7,10,14H,8-9,11-12H2,1-5H3,(H,25,27);2-3H,1H3,(H3,9,10,11,12);1-2H,(H4,7,8,9);3*3-4H2,1-2H3;1H2/t2*14-;;;;;;/m00....../s1. The van der Waals surface area contributed by atoms with Crippen LogP contribution in [-0.2, 0) is 33.1 Å². The van der Waals surface area contributed by atoms with Crippen LogP contribution >= 0.6 is 58.7 Å². The van der Waals surface area contributed by atoms with Crippen LogP contribution in [0.3, 0.4) is 0 Å². The zero-order valence-electron chi connectivity index (χ0n) is 57.8. The summed E-state index contributed by atoms with van der Waals surface area (Å²) in [6.45, 7) is 32.3. The first-order chi connectivity index (χ1) is 44.8. The van der Waals surface area contributed by atoms with Crippen LogP contribution in [0.2, 0.25) is 0 Å². The molecule has 22 nitrogen and oxygen atoms in total. The summed E-state index contributed by atoms with van der Waals surface area (Å²) in [6.07, 6.45) is -9.48. The Morgan fingerprint density at radius 2 is 0.918 bits per heavy atom. The molecular weight excluding hydrogens is 1520 g/mol. The zero-order valence-corrected chi connectivity index (χ0v) is 63.1. The number of aromatic nitrogens is 3. The number of nitrogens with one attached hydrogen (secondary N) is 4. The van der Waals surface area contributed by atoms with Crippen molar-refractivity contribution in [3.05, 3.63) is 91.1 Å². The van der Waals surface area contributed by atoms with Crippen LogP contribution in [0, 0.1) is 32.8 Å². The summed E-state index contributed by atoms with van der Waals surface area (Å²) < 4.78 is 104. The number of hydrogen-bond acceptors (Lipinski definition) is 16. The molecule has 2 atom stereocenters. The number of carbonyl (C=O) groups is 4. The van der Waals surface area contributed by atoms with Crippen LogP contribution in [0.4, 0.5) is 82.2 Å². The second-order valence-corrected chi connectivity index (χ2v) is 25.5. The zero-order chi connectivity index (χ0) is 72.7. The van der Waals surface area contributed by atoms with Gasteiger partial charge in [-0.3, -0.25) is 9.59 Å². The summed E-state index contributed by atoms with van der Waals surface area (Å²) in [5.41, 5.74) is 26.3. The first kappa shape index (κ1) is 88.8. The fourth-order valence-electron chi connectivity index (χ4n) is 9.24. The number of benzene rings is 2. The molecule has 12 N–H and O–H groups in total. The van der Waals surface area contributed by atoms with E-state index in [1.54, 1.807) is 60.7 Å². The molecule has 0 spiro atoms. The van der Waals surface area contributed by atoms with Crippen molar-refractivity contribution in [3.8, 4) is 11.1 Å². The van der Waals surface area contributed by atoms with Gasteiger partial charge in [0, 0.05) is 111 Å². The average Bonchev–Trinajstić information content (AvgIpc) is 1.63. The summed E-state index contributed by atoms with van der Waals surface area (Å²) in [4.78, 5) is 61.6. The maximum absolute atomic E-state index is 12.6. The van der Waals surface area contributed by atoms with Crippen molar-refractivity contribution in [2.45, 2.75) is 146 Å². The van der Waals surface area contributed by atoms with E-state index in [1.165, 1.54) is 23.6 Å². The van der Waals surface area contributed by atoms with Gasteiger partial charge in [0.2, 0.25) is 11.8 Å². The van der Waals surface area contributed by atoms with E-state index in [9.17, 15) is 45.5 Å². The van der Waals surface area contributed by atoms with Gasteiger partial charge in [-0.1, -0.05) is 17.7 Å². The third-order valence-corrected chi connectivity index (χ3v) is 15.6. The highest BCUT2D eigenvalue weighted by Crippen LogP contribution is 2.38. The number of halogens is 8. The minimum absolute atomic E-state index is 0. The smallest absolute Gasteiger partial charge is 0.399 e. The molecule has 6 heterocycles. The molecule has 0 bridgehead atoms. The summed E-state index contributed by atoms with van der Waals surface area (Å²) in [7, 11) is -0.556. The van der Waals surface area contributed by atoms with Crippen LogP contribution < -0.4 is 49.7 Å². The number of alkyl halides is 6. The molecule has 3 fully saturated rings. The molecule has 3 aliphatic rings. The van der Waals surface area contributed by atoms with Crippen molar-refractivity contribution >= 4 is 141 Å². The van der Waals surface area contributed by atoms with E-state index >= 15 is 0 Å². The normalized spacial score (nSPS) is 15.6. The molecule has 0 saturated carbocycles. The number of nitrogens with zero attached hydrogens (tertiary/aromatic N) is 5. The number of anilines is 8. The van der Waals surface area contributed by atoms with E-state index in [2.05, 4.69) is 81.4 Å². The number of ether oxygens (including phenoxy) is 3. The lowest BCUT2D eigenvalue weighted by molar-refractivity contribution is -0.144. The lowest BCUT2D eigenvalue weighted by atomic mass is 9.76. The maximum Gasteiger partial charge on any atom is 0.495 e. The number of aryl methyl sites for hydroxylation is 2. The molecule has 3 saturated heterocycles. The predicted octanol–water partition coefficient (Wildman–Crippen LogP) is 13.8. The number of urea groups is 2. The van der Waals surface area contributed by atoms with Gasteiger partial charge < -0.3 is 77.5 Å². The number of carbonyl (C=O) groups excluding carboxylic acids is 4. The maximum atomic E-state index is 12.6. The SMILES string of the molecule is CC(=O)Nc1cc(-c2cc(NC(=O)N3CC[C@@H](CC(F)(F)F)C3)ccc2C)cc(N)n1.CC(=O)Nc1cc(I)cc(N)n1.CCOCC.CCOCC.CCOCC.Cc1ccc(NC(=O)N2CC[C@@H](CC(F)(F)F)C2)cc1B1OC(C)(C)C(C)(C)O1.Nc1cc(I)cc(N)n1.S. The first-order valence-electron chi connectivity index (χ1n) is 31.3. The Balaban J connectivity index is 0.000000645. The molecule has 32 heteroatoms. The summed E-state index contributed by atoms with van der Waals surface area (Å²) >= 11 is 4.24. The molecule has 8 rings (SSSR count). The van der Waals surface area contributed by atoms with Gasteiger partial charge >= 0.3 is 31.5 Å². The molecule has 6 amide bonds. The minimum Gasteiger partial charge on any atom is -0.399 e. The van der Waals surface area contributed by atoms with Crippen molar-refractivity contribution in [2.75, 3.05) is 110 Å². The van der Waals surface area contributed by atoms with Gasteiger partial charge in [-0.15, -0.1) is 0 Å². The van der Waals surface area contributed by atoms with E-state index in [-0.39, 0.29) is 50.8 Å². The Morgan fingerprint density at radius 3 is 1.28 bits per heavy atom. The molecule has 3 aromatic heterocycles. The molecular formula is C65H98BF6I2N13O9S. The van der Waals surface area contributed by atoms with Gasteiger partial charge in [-0.25, -0.2) is 24.5 Å². The lowest BCUT2D eigenvalue weighted by Gasteiger charge is -2.32. The third-order valence-electron chi connectivity index (χ3n) is 14.3. The van der Waals surface area contributed by atoms with Crippen LogP contribution in [0.15, 0.2) is 72.8 Å². The van der Waals surface area contributed by atoms with Crippen molar-refractivity contribution in [1.29, 1.82) is 0 Å². The van der Waals surface area contributed by atoms with E-state index in [0.29, 0.717) is 65.4 Å². The Kier molecular flexibility index (Phi) is 39.7. The van der Waals surface area contributed by atoms with E-state index < -0.39 is 67.4 Å². The molecule has 542 valence electrons. The van der Waals surface area contributed by atoms with Crippen LogP contribution in [0.5, 0.6) is 0 Å². The van der Waals surface area contributed by atoms with Crippen LogP contribution in [0.25, 0.3) is 11.1 Å². The lowest BCUT2D eigenvalue weighted by Crippen LogP contribution is -2.41. The monoisotopic (exact) mass is 1620 g/mol. The van der Waals surface area contributed by atoms with Gasteiger partial charge in [0.1, 0.15) is 34.9 Å². The highest BCUT2D eigenvalue weighted by molar-refractivity contribution is 14.1. The van der Waals surface area contributed by atoms with Crippen LogP contribution in [0.1, 0.15) is 120 Å². The van der Waals surface area contributed by atoms with Gasteiger partial charge in [-0.05, 0) is 236 Å². The molecule has 3 aliphatic heterocycles. The molecule has 2 aromatic carbocycles. The van der Waals surface area contributed by atoms with Crippen molar-refractivity contribution in [1.82, 2.24) is 24.8 Å². The minimum atomic E-state index is -4.23. The Hall–Kier alpha value is -6.18. The number of likely N-dealkylation sites (tertiary alicyclic amines) is 2. The number of pyridine rings is 3. The number of rotatable bonds is 14. The fourth-order valence-corrected chi connectivity index (χ4v) is 10.5. The summed E-state index contributed by atoms with van der Waals surface area (Å²) in [5.74, 6) is 0.828. The quantitative estimate of drug-likeness (QED) is 0.0291. The summed E-state index contributed by atoms with van der Waals surface area (Å²) in [6, 6.07) is 20.2. The topological polar surface area (TPSA) is 312 Å². The van der Waals surface area contributed by atoms with E-state index in [1.807, 2.05) is 95.2 Å². The largest absolute Gasteiger partial charge is 0.495 e. The van der Waals surface area contributed by atoms with Gasteiger partial charge in [0.15, 0.2) is 0 Å². The number of amides is 6. The Morgan fingerprint density at radius 1 is 0.557 bits per heavy atom. The number of hydrogen-bond donors (Lipinski definition) is 8. The van der Waals surface area contributed by atoms with Crippen LogP contribution in [-0.4, -0.2) is 145 Å². The van der Waals surface area contributed by atoms with Crippen molar-refractivity contribution in [3.63, 3.8) is 0 Å². The van der Waals surface area contributed by atoms with Gasteiger partial charge in [0.25, 0.3) is 0 Å². The average molecular weight is 1620 g/mol. The number of nitrogens with two attached hydrogens (primary N) is 4. The molecule has 5 aromatic rings. The second kappa shape index (κ2) is 43.4. The first-order valence-corrected chi connectivity index (χ1v) is 33.4. The molecule has 0 radical (unpaired) electrons. The highest BCUT2D eigenvalue weighted by atomic mass is 127. The Labute approximate surface area is 601 Å². The second-order valence-electron chi connectivity index (χ2n) is 23.0. The fraction of sp³-hybridized carbons (Fsp3) is 0.523. The Bertz CT molecular complexity index is 3150. The third kappa shape index (κ3) is 34.9. The predicted molar refractivity (Wildman–Crippen MR) is 397 cm³/mol.